The number of pyridine rings is 2. The zero-order chi connectivity index (χ0) is 16.4. The molecule has 0 atom stereocenters. The molecule has 0 N–H and O–H groups in total. The summed E-state index contributed by atoms with van der Waals surface area (Å²) in [5.74, 6) is 0. The minimum Gasteiger partial charge on any atom is -0.254 e. The second-order valence-corrected chi connectivity index (χ2v) is 6.31. The maximum Gasteiger partial charge on any atom is 0.263 e. The van der Waals surface area contributed by atoms with E-state index in [1.54, 1.807) is 0 Å². The number of benzene rings is 1. The van der Waals surface area contributed by atoms with E-state index in [4.69, 9.17) is 0 Å². The van der Waals surface area contributed by atoms with Crippen LogP contribution in [0.2, 0.25) is 0 Å². The summed E-state index contributed by atoms with van der Waals surface area (Å²) in [4.78, 5) is 9.32. The van der Waals surface area contributed by atoms with Crippen molar-refractivity contribution in [3.63, 3.8) is 0 Å². The summed E-state index contributed by atoms with van der Waals surface area (Å²) in [6.45, 7) is 0.858. The third-order valence-electron chi connectivity index (χ3n) is 4.90. The second-order valence-electron chi connectivity index (χ2n) is 6.31. The molecule has 0 bridgehead atoms. The maximum absolute atomic E-state index is 4.66. The summed E-state index contributed by atoms with van der Waals surface area (Å²) in [6, 6.07) is 18.6. The van der Waals surface area contributed by atoms with E-state index in [0.717, 1.165) is 40.4 Å². The summed E-state index contributed by atoms with van der Waals surface area (Å²) in [5, 5.41) is 0. The first-order chi connectivity index (χ1) is 12.4. The third-order valence-corrected chi connectivity index (χ3v) is 4.90. The molecule has 1 aromatic carbocycles. The lowest BCUT2D eigenvalue weighted by atomic mass is 10.2. The van der Waals surface area contributed by atoms with E-state index in [-0.39, 0.29) is 0 Å². The lowest BCUT2D eigenvalue weighted by Gasteiger charge is -2.03. The quantitative estimate of drug-likeness (QED) is 0.436. The van der Waals surface area contributed by atoms with Crippen LogP contribution in [0.25, 0.3) is 33.9 Å². The van der Waals surface area contributed by atoms with Gasteiger partial charge in [-0.3, -0.25) is 9.55 Å². The van der Waals surface area contributed by atoms with E-state index < -0.39 is 0 Å². The van der Waals surface area contributed by atoms with E-state index in [2.05, 4.69) is 66.2 Å². The van der Waals surface area contributed by atoms with E-state index in [9.17, 15) is 0 Å². The molecule has 1 aliphatic rings. The van der Waals surface area contributed by atoms with Gasteiger partial charge in [-0.25, -0.2) is 9.55 Å². The van der Waals surface area contributed by atoms with Crippen LogP contribution in [-0.2, 0) is 6.54 Å². The molecular formula is C20H14N5+. The van der Waals surface area contributed by atoms with Crippen LogP contribution in [0.15, 0.2) is 73.3 Å². The smallest absolute Gasteiger partial charge is 0.254 e. The normalized spacial score (nSPS) is 12.6. The molecule has 0 amide bonds. The number of hydrogen-bond donors (Lipinski definition) is 0. The molecule has 25 heavy (non-hydrogen) atoms. The fourth-order valence-corrected chi connectivity index (χ4v) is 3.88. The molecule has 1 aliphatic heterocycles. The van der Waals surface area contributed by atoms with Crippen molar-refractivity contribution >= 4 is 16.8 Å². The molecule has 0 radical (unpaired) electrons. The summed E-state index contributed by atoms with van der Waals surface area (Å²) < 4.78 is 6.73. The predicted octanol–water partition coefficient (Wildman–Crippen LogP) is 2.99. The highest BCUT2D eigenvalue weighted by Gasteiger charge is 2.34. The van der Waals surface area contributed by atoms with E-state index >= 15 is 0 Å². The third kappa shape index (κ3) is 1.59. The summed E-state index contributed by atoms with van der Waals surface area (Å²) >= 11 is 0. The highest BCUT2D eigenvalue weighted by atomic mass is 15.2. The van der Waals surface area contributed by atoms with Crippen molar-refractivity contribution in [2.24, 2.45) is 0 Å². The van der Waals surface area contributed by atoms with Crippen LogP contribution >= 0.6 is 0 Å². The first-order valence-electron chi connectivity index (χ1n) is 8.31. The number of aromatic nitrogens is 5. The van der Waals surface area contributed by atoms with Crippen LogP contribution in [0, 0.1) is 0 Å². The average molecular weight is 324 g/mol. The Bertz CT molecular complexity index is 1260. The number of nitrogens with zero attached hydrogens (tertiary/aromatic N) is 5. The molecule has 118 valence electrons. The van der Waals surface area contributed by atoms with Crippen molar-refractivity contribution in [3.8, 4) is 17.1 Å². The number of imidazole rings is 2. The SMILES string of the molecule is c1ccc(-n2c3ncccc3n3c[n+]4c(c23)-c2ncccc2C4)cc1. The average Bonchev–Trinajstić information content (AvgIpc) is 3.29. The van der Waals surface area contributed by atoms with Gasteiger partial charge in [0.1, 0.15) is 12.2 Å². The lowest BCUT2D eigenvalue weighted by Crippen LogP contribution is -2.29. The Morgan fingerprint density at radius 1 is 0.880 bits per heavy atom. The van der Waals surface area contributed by atoms with E-state index in [1.165, 1.54) is 5.56 Å². The van der Waals surface area contributed by atoms with Gasteiger partial charge in [0.05, 0.1) is 5.69 Å². The standard InChI is InChI=1S/C20H14N5/c1-2-7-15(8-3-1)25-19-16(9-5-11-22-19)24-13-23-12-14-6-4-10-21-17(14)18(23)20(24)25/h1-11,13H,12H2/q+1. The Kier molecular flexibility index (Phi) is 2.34. The molecular weight excluding hydrogens is 310 g/mol. The van der Waals surface area contributed by atoms with Gasteiger partial charge >= 0.3 is 0 Å². The largest absolute Gasteiger partial charge is 0.263 e. The van der Waals surface area contributed by atoms with Crippen molar-refractivity contribution < 1.29 is 4.57 Å². The fourth-order valence-electron chi connectivity index (χ4n) is 3.88. The number of para-hydroxylation sites is 1. The monoisotopic (exact) mass is 324 g/mol. The van der Waals surface area contributed by atoms with Gasteiger partial charge in [-0.15, -0.1) is 0 Å². The van der Waals surface area contributed by atoms with Crippen LogP contribution in [0.4, 0.5) is 0 Å². The van der Waals surface area contributed by atoms with Gasteiger partial charge < -0.3 is 0 Å². The molecule has 0 saturated carbocycles. The Morgan fingerprint density at radius 2 is 1.72 bits per heavy atom. The van der Waals surface area contributed by atoms with Crippen molar-refractivity contribution in [2.45, 2.75) is 6.54 Å². The van der Waals surface area contributed by atoms with Crippen molar-refractivity contribution in [3.05, 3.63) is 78.9 Å². The molecule has 0 fully saturated rings. The number of hydrogen-bond acceptors (Lipinski definition) is 2. The molecule has 0 saturated heterocycles. The first kappa shape index (κ1) is 12.9. The molecule has 5 nitrogen and oxygen atoms in total. The van der Waals surface area contributed by atoms with Gasteiger partial charge in [-0.1, -0.05) is 24.3 Å². The van der Waals surface area contributed by atoms with Crippen LogP contribution in [0.5, 0.6) is 0 Å². The molecule has 5 aromatic rings. The van der Waals surface area contributed by atoms with Gasteiger partial charge in [0, 0.05) is 18.0 Å². The Labute approximate surface area is 143 Å². The van der Waals surface area contributed by atoms with Gasteiger partial charge in [0.25, 0.3) is 12.0 Å². The molecule has 0 unspecified atom stereocenters. The number of fused-ring (bicyclic) bond motifs is 7. The minimum atomic E-state index is 0.858. The van der Waals surface area contributed by atoms with Crippen LogP contribution in [0.1, 0.15) is 5.56 Å². The lowest BCUT2D eigenvalue weighted by molar-refractivity contribution is -0.671. The topological polar surface area (TPSA) is 39.0 Å². The number of rotatable bonds is 1. The van der Waals surface area contributed by atoms with Gasteiger partial charge in [0.15, 0.2) is 11.2 Å². The van der Waals surface area contributed by atoms with Crippen LogP contribution in [0.3, 0.4) is 0 Å². The Hall–Kier alpha value is -3.47. The molecule has 5 heterocycles. The zero-order valence-corrected chi connectivity index (χ0v) is 13.4. The van der Waals surface area contributed by atoms with Crippen LogP contribution in [-0.4, -0.2) is 18.9 Å². The van der Waals surface area contributed by atoms with Crippen molar-refractivity contribution in [2.75, 3.05) is 0 Å². The van der Waals surface area contributed by atoms with E-state index in [1.807, 2.05) is 30.6 Å². The highest BCUT2D eigenvalue weighted by Crippen LogP contribution is 2.33. The predicted molar refractivity (Wildman–Crippen MR) is 94.6 cm³/mol. The highest BCUT2D eigenvalue weighted by molar-refractivity contribution is 5.87. The van der Waals surface area contributed by atoms with E-state index in [0.29, 0.717) is 0 Å². The molecule has 0 aliphatic carbocycles. The molecule has 4 aromatic heterocycles. The fraction of sp³-hybridized carbons (Fsp3) is 0.0500. The molecule has 0 spiro atoms. The Balaban J connectivity index is 1.84. The second kappa shape index (κ2) is 4.54. The first-order valence-corrected chi connectivity index (χ1v) is 8.31. The molecule has 6 rings (SSSR count). The zero-order valence-electron chi connectivity index (χ0n) is 13.4. The summed E-state index contributed by atoms with van der Waals surface area (Å²) in [5.41, 5.74) is 7.74. The van der Waals surface area contributed by atoms with Crippen molar-refractivity contribution in [1.29, 1.82) is 0 Å². The van der Waals surface area contributed by atoms with Crippen molar-refractivity contribution in [1.82, 2.24) is 18.9 Å². The molecule has 5 heteroatoms. The maximum atomic E-state index is 4.66. The van der Waals surface area contributed by atoms with Gasteiger partial charge in [0.2, 0.25) is 5.69 Å². The summed E-state index contributed by atoms with van der Waals surface area (Å²) in [7, 11) is 0. The van der Waals surface area contributed by atoms with Gasteiger partial charge in [-0.05, 0) is 30.3 Å². The Morgan fingerprint density at radius 3 is 2.64 bits per heavy atom. The van der Waals surface area contributed by atoms with Gasteiger partial charge in [-0.2, -0.15) is 4.40 Å². The van der Waals surface area contributed by atoms with Crippen LogP contribution < -0.4 is 4.57 Å². The minimum absolute atomic E-state index is 0.858. The summed E-state index contributed by atoms with van der Waals surface area (Å²) in [6.07, 6.45) is 5.88.